The molecule has 1 heterocycles. The Hall–Kier alpha value is -0.790. The number of nitrogens with two attached hydrogens (primary N) is 1. The Balaban J connectivity index is 2.78. The van der Waals surface area contributed by atoms with Crippen LogP contribution in [0.25, 0.3) is 0 Å². The molecule has 0 aromatic carbocycles. The summed E-state index contributed by atoms with van der Waals surface area (Å²) in [6.07, 6.45) is 2.44. The summed E-state index contributed by atoms with van der Waals surface area (Å²) in [5.74, 6) is -1.14. The van der Waals surface area contributed by atoms with Crippen molar-refractivity contribution in [3.05, 3.63) is 18.2 Å². The minimum atomic E-state index is -3.57. The fourth-order valence-corrected chi connectivity index (χ4v) is 1.65. The molecule has 1 aromatic heterocycles. The van der Waals surface area contributed by atoms with E-state index in [1.165, 1.54) is 6.20 Å². The molecule has 0 unspecified atom stereocenters. The van der Waals surface area contributed by atoms with Crippen LogP contribution in [-0.4, -0.2) is 36.2 Å². The normalized spacial score (nSPS) is 13.8. The van der Waals surface area contributed by atoms with Crippen molar-refractivity contribution in [1.82, 2.24) is 9.32 Å². The average molecular weight is 251 g/mol. The predicted octanol–water partition coefficient (Wildman–Crippen LogP) is -1.11. The highest BCUT2D eigenvalue weighted by atomic mass is 32.5. The van der Waals surface area contributed by atoms with Crippen LogP contribution in [0.4, 0.5) is 0 Å². The zero-order chi connectivity index (χ0) is 11.6. The van der Waals surface area contributed by atoms with Crippen molar-refractivity contribution >= 4 is 24.4 Å². The highest BCUT2D eigenvalue weighted by Crippen LogP contribution is 2.36. The zero-order valence-corrected chi connectivity index (χ0v) is 9.23. The van der Waals surface area contributed by atoms with Gasteiger partial charge in [-0.3, -0.25) is 9.13 Å². The molecule has 0 amide bonds. The Kier molecular flexibility index (Phi) is 3.58. The first kappa shape index (κ1) is 12.3. The Morgan fingerprint density at radius 3 is 2.73 bits per heavy atom. The van der Waals surface area contributed by atoms with E-state index in [0.29, 0.717) is 5.69 Å². The van der Waals surface area contributed by atoms with E-state index in [-0.39, 0.29) is 6.42 Å². The van der Waals surface area contributed by atoms with Crippen molar-refractivity contribution in [3.63, 3.8) is 0 Å². The van der Waals surface area contributed by atoms with Crippen LogP contribution >= 0.6 is 6.64 Å². The maximum absolute atomic E-state index is 10.4. The molecule has 0 fully saturated rings. The number of imidazole rings is 1. The molecule has 15 heavy (non-hydrogen) atoms. The quantitative estimate of drug-likeness (QED) is 0.501. The zero-order valence-electron chi connectivity index (χ0n) is 7.52. The van der Waals surface area contributed by atoms with Crippen LogP contribution in [-0.2, 0) is 23.0 Å². The Labute approximate surface area is 90.4 Å². The van der Waals surface area contributed by atoms with Gasteiger partial charge in [-0.1, -0.05) is 0 Å². The predicted molar refractivity (Wildman–Crippen MR) is 55.7 cm³/mol. The van der Waals surface area contributed by atoms with Crippen LogP contribution in [0.15, 0.2) is 12.5 Å². The molecule has 0 aliphatic heterocycles. The van der Waals surface area contributed by atoms with Gasteiger partial charge in [-0.2, -0.15) is 0 Å². The SMILES string of the molecule is N[C@@H](Cc1cn(P(O)(O)=S)cn1)C(=O)O. The second-order valence-electron chi connectivity index (χ2n) is 2.91. The summed E-state index contributed by atoms with van der Waals surface area (Å²) in [6.45, 7) is -3.57. The molecule has 0 aliphatic carbocycles. The summed E-state index contributed by atoms with van der Waals surface area (Å²) < 4.78 is 0.978. The molecule has 0 radical (unpaired) electrons. The first-order valence-electron chi connectivity index (χ1n) is 3.88. The third-order valence-corrected chi connectivity index (χ3v) is 3.06. The smallest absolute Gasteiger partial charge is 0.320 e. The summed E-state index contributed by atoms with van der Waals surface area (Å²) >= 11 is 4.43. The third-order valence-electron chi connectivity index (χ3n) is 1.67. The van der Waals surface area contributed by atoms with E-state index in [1.54, 1.807) is 0 Å². The van der Waals surface area contributed by atoms with Crippen LogP contribution in [0.5, 0.6) is 0 Å². The van der Waals surface area contributed by atoms with E-state index in [2.05, 4.69) is 16.8 Å². The molecule has 5 N–H and O–H groups in total. The van der Waals surface area contributed by atoms with Gasteiger partial charge in [0.15, 0.2) is 0 Å². The first-order valence-corrected chi connectivity index (χ1v) is 6.54. The molecule has 0 bridgehead atoms. The maximum Gasteiger partial charge on any atom is 0.320 e. The molecule has 1 rings (SSSR count). The van der Waals surface area contributed by atoms with Crippen LogP contribution in [0.2, 0.25) is 0 Å². The number of carboxylic acid groups (broad SMARTS) is 1. The summed E-state index contributed by atoms with van der Waals surface area (Å²) in [6, 6.07) is -1.07. The van der Waals surface area contributed by atoms with E-state index in [0.717, 1.165) is 10.7 Å². The minimum Gasteiger partial charge on any atom is -0.480 e. The van der Waals surface area contributed by atoms with Crippen molar-refractivity contribution in [2.45, 2.75) is 12.5 Å². The first-order chi connectivity index (χ1) is 6.80. The van der Waals surface area contributed by atoms with Crippen molar-refractivity contribution < 1.29 is 19.7 Å². The van der Waals surface area contributed by atoms with Gasteiger partial charge in [-0.25, -0.2) is 4.98 Å². The lowest BCUT2D eigenvalue weighted by atomic mass is 10.2. The molecule has 0 saturated carbocycles. The average Bonchev–Trinajstić information content (AvgIpc) is 2.51. The molecule has 0 saturated heterocycles. The minimum absolute atomic E-state index is 0.0116. The number of carboxylic acids is 1. The Bertz CT molecular complexity index is 414. The molecule has 1 atom stereocenters. The van der Waals surface area contributed by atoms with Crippen LogP contribution in [0, 0.1) is 0 Å². The molecule has 1 aromatic rings. The molecule has 7 nitrogen and oxygen atoms in total. The fraction of sp³-hybridized carbons (Fsp3) is 0.333. The van der Waals surface area contributed by atoms with Crippen molar-refractivity contribution in [2.24, 2.45) is 5.73 Å². The van der Waals surface area contributed by atoms with Crippen molar-refractivity contribution in [3.8, 4) is 0 Å². The lowest BCUT2D eigenvalue weighted by molar-refractivity contribution is -0.138. The number of rotatable bonds is 4. The van der Waals surface area contributed by atoms with Gasteiger partial charge in [-0.15, -0.1) is 0 Å². The van der Waals surface area contributed by atoms with Gasteiger partial charge in [0.2, 0.25) is 0 Å². The second kappa shape index (κ2) is 4.38. The van der Waals surface area contributed by atoms with Crippen LogP contribution < -0.4 is 5.73 Å². The van der Waals surface area contributed by atoms with Gasteiger partial charge < -0.3 is 20.6 Å². The highest BCUT2D eigenvalue weighted by Gasteiger charge is 2.16. The van der Waals surface area contributed by atoms with E-state index < -0.39 is 18.7 Å². The lowest BCUT2D eigenvalue weighted by Crippen LogP contribution is -2.32. The standard InChI is InChI=1S/C6H10N3O4PS/c7-5(6(10)11)1-4-2-9(3-8-4)14(12,13)15/h2-3,5H,1,7H2,(H,10,11)(H2,12,13,15)/t5-/m0/s1. The summed E-state index contributed by atoms with van der Waals surface area (Å²) in [5, 5.41) is 8.54. The van der Waals surface area contributed by atoms with E-state index in [4.69, 9.17) is 20.6 Å². The van der Waals surface area contributed by atoms with Gasteiger partial charge in [0.05, 0.1) is 5.69 Å². The number of carbonyl (C=O) groups is 1. The number of aromatic nitrogens is 2. The summed E-state index contributed by atoms with van der Waals surface area (Å²) in [5.41, 5.74) is 5.63. The fourth-order valence-electron chi connectivity index (χ4n) is 0.913. The largest absolute Gasteiger partial charge is 0.480 e. The number of aliphatic carboxylic acids is 1. The van der Waals surface area contributed by atoms with Crippen LogP contribution in [0.1, 0.15) is 5.69 Å². The second-order valence-corrected chi connectivity index (χ2v) is 5.87. The summed E-state index contributed by atoms with van der Waals surface area (Å²) in [4.78, 5) is 32.4. The number of hydrogen-bond acceptors (Lipinski definition) is 4. The Morgan fingerprint density at radius 1 is 1.73 bits per heavy atom. The Morgan fingerprint density at radius 2 is 2.33 bits per heavy atom. The monoisotopic (exact) mass is 251 g/mol. The molecule has 0 spiro atoms. The maximum atomic E-state index is 10.4. The highest BCUT2D eigenvalue weighted by molar-refractivity contribution is 8.08. The third kappa shape index (κ3) is 3.37. The molecular weight excluding hydrogens is 241 g/mol. The van der Waals surface area contributed by atoms with Crippen molar-refractivity contribution in [1.29, 1.82) is 0 Å². The van der Waals surface area contributed by atoms with Gasteiger partial charge >= 0.3 is 5.97 Å². The molecular formula is C6H10N3O4PS. The van der Waals surface area contributed by atoms with E-state index in [1.807, 2.05) is 0 Å². The van der Waals surface area contributed by atoms with Gasteiger partial charge in [-0.05, 0) is 11.8 Å². The van der Waals surface area contributed by atoms with E-state index >= 15 is 0 Å². The van der Waals surface area contributed by atoms with Gasteiger partial charge in [0.1, 0.15) is 12.4 Å². The van der Waals surface area contributed by atoms with Crippen LogP contribution in [0.3, 0.4) is 0 Å². The number of hydrogen-bond donors (Lipinski definition) is 4. The molecule has 84 valence electrons. The summed E-state index contributed by atoms with van der Waals surface area (Å²) in [7, 11) is 0. The lowest BCUT2D eigenvalue weighted by Gasteiger charge is -2.06. The van der Waals surface area contributed by atoms with E-state index in [9.17, 15) is 4.79 Å². The topological polar surface area (TPSA) is 122 Å². The van der Waals surface area contributed by atoms with Crippen molar-refractivity contribution in [2.75, 3.05) is 0 Å². The van der Waals surface area contributed by atoms with Gasteiger partial charge in [0, 0.05) is 12.6 Å². The molecule has 0 aliphatic rings. The number of nitrogens with zero attached hydrogens (tertiary/aromatic N) is 2. The van der Waals surface area contributed by atoms with Gasteiger partial charge in [0.25, 0.3) is 6.64 Å². The molecule has 9 heteroatoms.